The van der Waals surface area contributed by atoms with E-state index in [1.807, 2.05) is 13.0 Å². The minimum Gasteiger partial charge on any atom is -0.341 e. The van der Waals surface area contributed by atoms with Gasteiger partial charge in [0.1, 0.15) is 5.82 Å². The Balaban J connectivity index is 1.52. The van der Waals surface area contributed by atoms with Gasteiger partial charge in [-0.2, -0.15) is 0 Å². The second-order valence-corrected chi connectivity index (χ2v) is 6.69. The smallest absolute Gasteiger partial charge is 0.255 e. The second kappa shape index (κ2) is 7.75. The number of rotatable bonds is 4. The number of hydrogen-bond donors (Lipinski definition) is 3. The van der Waals surface area contributed by atoms with E-state index in [-0.39, 0.29) is 5.56 Å². The van der Waals surface area contributed by atoms with Crippen LogP contribution in [-0.2, 0) is 0 Å². The maximum atomic E-state index is 13.3. The molecule has 2 heterocycles. The summed E-state index contributed by atoms with van der Waals surface area (Å²) in [5, 5.41) is 10.5. The first-order valence-electron chi connectivity index (χ1n) is 9.04. The number of anilines is 2. The lowest BCUT2D eigenvalue weighted by molar-refractivity contribution is 0.102. The molecular weight excluding hydrogens is 388 g/mol. The van der Waals surface area contributed by atoms with Crippen molar-refractivity contribution in [3.05, 3.63) is 81.9 Å². The third-order valence-electron chi connectivity index (χ3n) is 4.56. The van der Waals surface area contributed by atoms with Crippen molar-refractivity contribution in [3.8, 4) is 0 Å². The molecule has 3 N–H and O–H groups in total. The van der Waals surface area contributed by atoms with Gasteiger partial charge in [-0.1, -0.05) is 6.58 Å². The summed E-state index contributed by atoms with van der Waals surface area (Å²) in [5.74, 6) is -1.32. The number of hydrogen-bond acceptors (Lipinski definition) is 5. The number of aliphatic imine (C=N–C) groups is 1. The number of halogens is 2. The van der Waals surface area contributed by atoms with Crippen molar-refractivity contribution < 1.29 is 13.6 Å². The molecular formula is C22H17F2N5O. The minimum absolute atomic E-state index is 0.0293. The van der Waals surface area contributed by atoms with Crippen LogP contribution in [0.2, 0.25) is 0 Å². The van der Waals surface area contributed by atoms with Crippen LogP contribution in [0, 0.1) is 18.6 Å². The Labute approximate surface area is 170 Å². The second-order valence-electron chi connectivity index (χ2n) is 6.69. The third-order valence-corrected chi connectivity index (χ3v) is 4.56. The molecule has 150 valence electrons. The van der Waals surface area contributed by atoms with Gasteiger partial charge in [-0.3, -0.25) is 4.79 Å². The number of carbonyl (C=O) groups excluding carboxylic acids is 1. The molecule has 1 aliphatic rings. The molecule has 3 aromatic rings. The molecule has 0 atom stereocenters. The van der Waals surface area contributed by atoms with Gasteiger partial charge in [0.15, 0.2) is 17.5 Å². The van der Waals surface area contributed by atoms with Crippen molar-refractivity contribution >= 4 is 41.8 Å². The molecule has 0 unspecified atom stereocenters. The van der Waals surface area contributed by atoms with Gasteiger partial charge in [-0.25, -0.2) is 18.8 Å². The third kappa shape index (κ3) is 3.88. The fourth-order valence-electron chi connectivity index (χ4n) is 2.88. The number of pyridine rings is 1. The number of fused-ring (bicyclic) bond motifs is 1. The number of amides is 1. The molecule has 0 aliphatic carbocycles. The summed E-state index contributed by atoms with van der Waals surface area (Å²) < 4.78 is 26.3. The Hall–Kier alpha value is -4.07. The van der Waals surface area contributed by atoms with E-state index in [0.29, 0.717) is 22.7 Å². The van der Waals surface area contributed by atoms with Crippen LogP contribution in [0.1, 0.15) is 15.9 Å². The number of nitrogens with zero attached hydrogens (tertiary/aromatic N) is 2. The fourth-order valence-corrected chi connectivity index (χ4v) is 2.88. The Morgan fingerprint density at radius 2 is 1.77 bits per heavy atom. The van der Waals surface area contributed by atoms with E-state index >= 15 is 0 Å². The number of aryl methyl sites for hydroxylation is 1. The molecule has 2 aromatic carbocycles. The molecule has 0 fully saturated rings. The molecule has 0 radical (unpaired) electrons. The zero-order valence-electron chi connectivity index (χ0n) is 16.0. The van der Waals surface area contributed by atoms with Crippen molar-refractivity contribution in [2.24, 2.45) is 4.99 Å². The van der Waals surface area contributed by atoms with Crippen molar-refractivity contribution in [3.63, 3.8) is 0 Å². The summed E-state index contributed by atoms with van der Waals surface area (Å²) in [5.41, 5.74) is 2.25. The summed E-state index contributed by atoms with van der Waals surface area (Å²) in [4.78, 5) is 20.8. The maximum absolute atomic E-state index is 13.3. The zero-order chi connectivity index (χ0) is 21.3. The largest absolute Gasteiger partial charge is 0.341 e. The van der Waals surface area contributed by atoms with Crippen LogP contribution in [0.25, 0.3) is 12.4 Å². The van der Waals surface area contributed by atoms with Crippen LogP contribution in [0.5, 0.6) is 0 Å². The number of benzene rings is 2. The highest BCUT2D eigenvalue weighted by Gasteiger charge is 2.11. The Morgan fingerprint density at radius 1 is 1.03 bits per heavy atom. The minimum atomic E-state index is -1.07. The molecule has 8 heteroatoms. The quantitative estimate of drug-likeness (QED) is 0.624. The Morgan fingerprint density at radius 3 is 2.50 bits per heavy atom. The maximum Gasteiger partial charge on any atom is 0.255 e. The van der Waals surface area contributed by atoms with Crippen LogP contribution in [-0.4, -0.2) is 17.2 Å². The lowest BCUT2D eigenvalue weighted by Gasteiger charge is -2.15. The number of aromatic nitrogens is 1. The monoisotopic (exact) mass is 405 g/mol. The van der Waals surface area contributed by atoms with Gasteiger partial charge in [-0.15, -0.1) is 0 Å². The number of carbonyl (C=O) groups is 1. The van der Waals surface area contributed by atoms with Gasteiger partial charge in [-0.05, 0) is 61.0 Å². The van der Waals surface area contributed by atoms with E-state index in [0.717, 1.165) is 28.6 Å². The predicted molar refractivity (Wildman–Crippen MR) is 113 cm³/mol. The van der Waals surface area contributed by atoms with Crippen LogP contribution in [0.4, 0.5) is 26.0 Å². The molecule has 1 amide bonds. The normalized spacial score (nSPS) is 12.2. The van der Waals surface area contributed by atoms with Crippen molar-refractivity contribution in [1.82, 2.24) is 10.3 Å². The van der Waals surface area contributed by atoms with Crippen molar-refractivity contribution in [2.45, 2.75) is 6.92 Å². The highest BCUT2D eigenvalue weighted by atomic mass is 19.2. The van der Waals surface area contributed by atoms with Crippen LogP contribution >= 0.6 is 0 Å². The lowest BCUT2D eigenvalue weighted by atomic mass is 10.2. The van der Waals surface area contributed by atoms with E-state index in [1.54, 1.807) is 30.6 Å². The van der Waals surface area contributed by atoms with E-state index < -0.39 is 17.5 Å². The first kappa shape index (κ1) is 19.3. The van der Waals surface area contributed by atoms with Gasteiger partial charge in [0.25, 0.3) is 5.91 Å². The summed E-state index contributed by atoms with van der Waals surface area (Å²) in [7, 11) is 0. The fraction of sp³-hybridized carbons (Fsp3) is 0.0455. The Kier molecular flexibility index (Phi) is 4.97. The highest BCUT2D eigenvalue weighted by molar-refractivity contribution is 6.04. The summed E-state index contributed by atoms with van der Waals surface area (Å²) in [6, 6.07) is 11.9. The van der Waals surface area contributed by atoms with E-state index in [9.17, 15) is 13.6 Å². The Bertz CT molecular complexity index is 1290. The molecule has 1 aromatic heterocycles. The van der Waals surface area contributed by atoms with Crippen molar-refractivity contribution in [2.75, 3.05) is 10.6 Å². The topological polar surface area (TPSA) is 78.4 Å². The molecule has 4 rings (SSSR count). The summed E-state index contributed by atoms with van der Waals surface area (Å²) in [6.07, 6.45) is 1.54. The SMILES string of the molecule is C=c1nc2c(cc1C)=C(Nc1ccc(NC(=O)c3ccc(F)c(F)c3)cc1)NC=N2. The molecule has 0 spiro atoms. The first-order chi connectivity index (χ1) is 14.4. The first-order valence-corrected chi connectivity index (χ1v) is 9.04. The number of nitrogens with one attached hydrogen (secondary N) is 3. The molecule has 0 saturated carbocycles. The van der Waals surface area contributed by atoms with Crippen LogP contribution < -0.4 is 26.5 Å². The molecule has 0 bridgehead atoms. The van der Waals surface area contributed by atoms with Gasteiger partial charge >= 0.3 is 0 Å². The molecule has 30 heavy (non-hydrogen) atoms. The van der Waals surface area contributed by atoms with Crippen molar-refractivity contribution in [1.29, 1.82) is 0 Å². The van der Waals surface area contributed by atoms with Gasteiger partial charge in [0, 0.05) is 16.9 Å². The van der Waals surface area contributed by atoms with E-state index in [4.69, 9.17) is 0 Å². The predicted octanol–water partition coefficient (Wildman–Crippen LogP) is 2.77. The molecule has 1 aliphatic heterocycles. The average molecular weight is 405 g/mol. The average Bonchev–Trinajstić information content (AvgIpc) is 2.73. The van der Waals surface area contributed by atoms with Gasteiger partial charge in [0.05, 0.1) is 16.9 Å². The van der Waals surface area contributed by atoms with Crippen LogP contribution in [0.15, 0.2) is 53.5 Å². The highest BCUT2D eigenvalue weighted by Crippen LogP contribution is 2.17. The molecule has 6 nitrogen and oxygen atoms in total. The van der Waals surface area contributed by atoms with Gasteiger partial charge in [0.2, 0.25) is 0 Å². The summed E-state index contributed by atoms with van der Waals surface area (Å²) in [6.45, 7) is 5.82. The van der Waals surface area contributed by atoms with E-state index in [1.165, 1.54) is 6.07 Å². The summed E-state index contributed by atoms with van der Waals surface area (Å²) >= 11 is 0. The molecule has 0 saturated heterocycles. The van der Waals surface area contributed by atoms with Crippen LogP contribution in [0.3, 0.4) is 0 Å². The lowest BCUT2D eigenvalue weighted by Crippen LogP contribution is -2.31. The zero-order valence-corrected chi connectivity index (χ0v) is 16.0. The van der Waals surface area contributed by atoms with Gasteiger partial charge < -0.3 is 16.0 Å². The van der Waals surface area contributed by atoms with E-state index in [2.05, 4.69) is 32.5 Å². The standard InChI is InChI=1S/C22H17F2N5O/c1-12-9-17-20(27-13(12)2)25-11-26-21(17)28-15-4-6-16(7-5-15)29-22(30)14-3-8-18(23)19(24)10-14/h3-11H,2H2,1H3,(H,29,30)(H2,25,26,27,28).